The van der Waals surface area contributed by atoms with E-state index in [4.69, 9.17) is 9.47 Å². The van der Waals surface area contributed by atoms with Gasteiger partial charge in [-0.1, -0.05) is 12.1 Å². The van der Waals surface area contributed by atoms with Crippen LogP contribution < -0.4 is 19.7 Å². The lowest BCUT2D eigenvalue weighted by molar-refractivity contribution is -0.118. The third kappa shape index (κ3) is 5.46. The summed E-state index contributed by atoms with van der Waals surface area (Å²) in [5.41, 5.74) is 1.84. The van der Waals surface area contributed by atoms with Gasteiger partial charge in [0.2, 0.25) is 0 Å². The molecule has 0 spiro atoms. The van der Waals surface area contributed by atoms with Crippen molar-refractivity contribution in [3.05, 3.63) is 78.1 Å². The normalized spacial score (nSPS) is 13.0. The number of para-hydroxylation sites is 1. The first-order valence-electron chi connectivity index (χ1n) is 10.4. The minimum atomic E-state index is -0.400. The highest BCUT2D eigenvalue weighted by Gasteiger charge is 2.23. The number of carbonyl (C=O) groups is 2. The number of amides is 2. The molecule has 3 aromatic carbocycles. The Labute approximate surface area is 195 Å². The van der Waals surface area contributed by atoms with E-state index in [1.165, 1.54) is 31.4 Å². The molecule has 0 fully saturated rings. The van der Waals surface area contributed by atoms with Crippen molar-refractivity contribution in [2.24, 2.45) is 0 Å². The number of anilines is 2. The zero-order chi connectivity index (χ0) is 23.2. The predicted octanol–water partition coefficient (Wildman–Crippen LogP) is 4.99. The SMILES string of the molecule is COc1cc(C(=O)N2CCCSc3ccccc32)ccc1OCC(=O)Nc1ccc(F)cc1. The van der Waals surface area contributed by atoms with Crippen LogP contribution in [0.4, 0.5) is 15.8 Å². The number of nitrogens with one attached hydrogen (secondary N) is 1. The Morgan fingerprint density at radius 3 is 2.64 bits per heavy atom. The molecule has 6 nitrogen and oxygen atoms in total. The second kappa shape index (κ2) is 10.4. The van der Waals surface area contributed by atoms with Gasteiger partial charge in [-0.15, -0.1) is 11.8 Å². The van der Waals surface area contributed by atoms with Crippen molar-refractivity contribution >= 4 is 35.0 Å². The van der Waals surface area contributed by atoms with Gasteiger partial charge < -0.3 is 19.7 Å². The highest BCUT2D eigenvalue weighted by Crippen LogP contribution is 2.35. The molecule has 1 N–H and O–H groups in total. The molecule has 0 bridgehead atoms. The van der Waals surface area contributed by atoms with Crippen LogP contribution in [0, 0.1) is 5.82 Å². The summed E-state index contributed by atoms with van der Waals surface area (Å²) in [6.45, 7) is 0.366. The van der Waals surface area contributed by atoms with Crippen molar-refractivity contribution in [1.29, 1.82) is 0 Å². The number of hydrogen-bond donors (Lipinski definition) is 1. The molecule has 0 atom stereocenters. The van der Waals surface area contributed by atoms with E-state index in [-0.39, 0.29) is 18.3 Å². The minimum Gasteiger partial charge on any atom is -0.493 e. The lowest BCUT2D eigenvalue weighted by Gasteiger charge is -2.23. The first kappa shape index (κ1) is 22.7. The molecule has 3 aromatic rings. The van der Waals surface area contributed by atoms with E-state index in [1.54, 1.807) is 34.9 Å². The summed E-state index contributed by atoms with van der Waals surface area (Å²) < 4.78 is 24.0. The molecule has 0 saturated carbocycles. The molecule has 0 saturated heterocycles. The highest BCUT2D eigenvalue weighted by atomic mass is 32.2. The number of ether oxygens (including phenoxy) is 2. The standard InChI is InChI=1S/C25H23FN2O4S/c1-31-22-15-17(25(30)28-13-4-14-33-23-6-3-2-5-20(23)28)7-12-21(22)32-16-24(29)27-19-10-8-18(26)9-11-19/h2-3,5-12,15H,4,13-14,16H2,1H3,(H,27,29). The second-order valence-corrected chi connectivity index (χ2v) is 8.47. The van der Waals surface area contributed by atoms with Crippen LogP contribution in [0.2, 0.25) is 0 Å². The number of halogens is 1. The second-order valence-electron chi connectivity index (χ2n) is 7.34. The number of rotatable bonds is 6. The van der Waals surface area contributed by atoms with Gasteiger partial charge in [-0.2, -0.15) is 0 Å². The third-order valence-electron chi connectivity index (χ3n) is 5.08. The number of carbonyl (C=O) groups excluding carboxylic acids is 2. The minimum absolute atomic E-state index is 0.121. The van der Waals surface area contributed by atoms with Gasteiger partial charge in [0.25, 0.3) is 11.8 Å². The van der Waals surface area contributed by atoms with Gasteiger partial charge in [-0.3, -0.25) is 9.59 Å². The van der Waals surface area contributed by atoms with Gasteiger partial charge >= 0.3 is 0 Å². The first-order chi connectivity index (χ1) is 16.0. The summed E-state index contributed by atoms with van der Waals surface area (Å²) in [6.07, 6.45) is 0.895. The van der Waals surface area contributed by atoms with Crippen molar-refractivity contribution in [1.82, 2.24) is 0 Å². The lowest BCUT2D eigenvalue weighted by atomic mass is 10.1. The van der Waals surface area contributed by atoms with E-state index < -0.39 is 5.91 Å². The number of fused-ring (bicyclic) bond motifs is 1. The number of methoxy groups -OCH3 is 1. The third-order valence-corrected chi connectivity index (χ3v) is 6.23. The van der Waals surface area contributed by atoms with Crippen LogP contribution in [0.15, 0.2) is 71.6 Å². The molecular formula is C25H23FN2O4S. The Morgan fingerprint density at radius 2 is 1.85 bits per heavy atom. The average molecular weight is 467 g/mol. The van der Waals surface area contributed by atoms with Crippen molar-refractivity contribution in [3.63, 3.8) is 0 Å². The van der Waals surface area contributed by atoms with E-state index in [9.17, 15) is 14.0 Å². The fraction of sp³-hybridized carbons (Fsp3) is 0.200. The zero-order valence-electron chi connectivity index (χ0n) is 18.0. The van der Waals surface area contributed by atoms with E-state index in [2.05, 4.69) is 5.32 Å². The monoisotopic (exact) mass is 466 g/mol. The molecule has 0 aliphatic carbocycles. The molecule has 33 heavy (non-hydrogen) atoms. The molecule has 1 aliphatic rings. The van der Waals surface area contributed by atoms with Gasteiger partial charge in [0, 0.05) is 22.7 Å². The fourth-order valence-electron chi connectivity index (χ4n) is 3.49. The maximum absolute atomic E-state index is 13.3. The van der Waals surface area contributed by atoms with Crippen molar-refractivity contribution in [3.8, 4) is 11.5 Å². The van der Waals surface area contributed by atoms with Crippen LogP contribution in [0.1, 0.15) is 16.8 Å². The molecular weight excluding hydrogens is 443 g/mol. The number of benzene rings is 3. The fourth-order valence-corrected chi connectivity index (χ4v) is 4.48. The summed E-state index contributed by atoms with van der Waals surface area (Å²) >= 11 is 1.75. The zero-order valence-corrected chi connectivity index (χ0v) is 18.9. The van der Waals surface area contributed by atoms with Crippen molar-refractivity contribution < 1.29 is 23.5 Å². The van der Waals surface area contributed by atoms with Crippen molar-refractivity contribution in [2.45, 2.75) is 11.3 Å². The summed E-state index contributed by atoms with van der Waals surface area (Å²) in [5, 5.41) is 2.63. The van der Waals surface area contributed by atoms with Crippen LogP contribution in [0.5, 0.6) is 11.5 Å². The molecule has 4 rings (SSSR count). The van der Waals surface area contributed by atoms with E-state index in [1.807, 2.05) is 24.3 Å². The molecule has 1 heterocycles. The van der Waals surface area contributed by atoms with Gasteiger partial charge in [-0.05, 0) is 66.8 Å². The quantitative estimate of drug-likeness (QED) is 0.554. The van der Waals surface area contributed by atoms with Crippen LogP contribution in [0.3, 0.4) is 0 Å². The number of hydrogen-bond acceptors (Lipinski definition) is 5. The Balaban J connectivity index is 1.46. The largest absolute Gasteiger partial charge is 0.493 e. The predicted molar refractivity (Wildman–Crippen MR) is 127 cm³/mol. The smallest absolute Gasteiger partial charge is 0.262 e. The highest BCUT2D eigenvalue weighted by molar-refractivity contribution is 7.99. The lowest BCUT2D eigenvalue weighted by Crippen LogP contribution is -2.31. The Morgan fingerprint density at radius 1 is 1.06 bits per heavy atom. The van der Waals surface area contributed by atoms with Crippen LogP contribution in [0.25, 0.3) is 0 Å². The maximum Gasteiger partial charge on any atom is 0.262 e. The Hall–Kier alpha value is -3.52. The molecule has 1 aliphatic heterocycles. The molecule has 0 unspecified atom stereocenters. The summed E-state index contributed by atoms with van der Waals surface area (Å²) in [7, 11) is 1.48. The van der Waals surface area contributed by atoms with Gasteiger partial charge in [0.1, 0.15) is 5.82 Å². The maximum atomic E-state index is 13.3. The van der Waals surface area contributed by atoms with Gasteiger partial charge in [-0.25, -0.2) is 4.39 Å². The first-order valence-corrected chi connectivity index (χ1v) is 11.4. The summed E-state index contributed by atoms with van der Waals surface area (Å²) in [6, 6.07) is 18.3. The Kier molecular flexibility index (Phi) is 7.14. The van der Waals surface area contributed by atoms with E-state index in [0.717, 1.165) is 22.8 Å². The van der Waals surface area contributed by atoms with E-state index in [0.29, 0.717) is 29.3 Å². The molecule has 0 aromatic heterocycles. The molecule has 0 radical (unpaired) electrons. The Bertz CT molecular complexity index is 1150. The summed E-state index contributed by atoms with van der Waals surface area (Å²) in [4.78, 5) is 28.4. The summed E-state index contributed by atoms with van der Waals surface area (Å²) in [5.74, 6) is 0.747. The topological polar surface area (TPSA) is 67.9 Å². The molecule has 2 amide bonds. The number of thioether (sulfide) groups is 1. The van der Waals surface area contributed by atoms with Gasteiger partial charge in [0.05, 0.1) is 12.8 Å². The van der Waals surface area contributed by atoms with E-state index >= 15 is 0 Å². The van der Waals surface area contributed by atoms with Gasteiger partial charge in [0.15, 0.2) is 18.1 Å². The van der Waals surface area contributed by atoms with Crippen LogP contribution in [-0.4, -0.2) is 37.8 Å². The van der Waals surface area contributed by atoms with Crippen molar-refractivity contribution in [2.75, 3.05) is 36.2 Å². The average Bonchev–Trinajstić information content (AvgIpc) is 3.06. The molecule has 8 heteroatoms. The van der Waals surface area contributed by atoms with Crippen LogP contribution >= 0.6 is 11.8 Å². The molecule has 170 valence electrons. The number of nitrogens with zero attached hydrogens (tertiary/aromatic N) is 1. The van der Waals surface area contributed by atoms with Crippen LogP contribution in [-0.2, 0) is 4.79 Å².